The molecule has 0 aliphatic rings. The van der Waals surface area contributed by atoms with Crippen molar-refractivity contribution >= 4 is 59.2 Å². The van der Waals surface area contributed by atoms with E-state index in [0.717, 1.165) is 0 Å². The average Bonchev–Trinajstić information content (AvgIpc) is 3.05. The van der Waals surface area contributed by atoms with Gasteiger partial charge in [-0.25, -0.2) is 4.79 Å². The average molecular weight is 718 g/mol. The van der Waals surface area contributed by atoms with Gasteiger partial charge in [0, 0.05) is 13.0 Å². The topological polar surface area (TPSA) is 311 Å². The number of carbonyl (C=O) groups is 7. The molecule has 0 saturated heterocycles. The minimum Gasteiger partial charge on any atom is -0.481 e. The second-order valence-corrected chi connectivity index (χ2v) is 12.7. The van der Waals surface area contributed by atoms with Crippen molar-refractivity contribution < 1.29 is 43.8 Å². The highest BCUT2D eigenvalue weighted by Crippen LogP contribution is 2.11. The van der Waals surface area contributed by atoms with E-state index in [1.54, 1.807) is 27.0 Å². The Hall–Kier alpha value is -4.13. The maximum atomic E-state index is 13.5. The van der Waals surface area contributed by atoms with Gasteiger partial charge in [0.05, 0.1) is 12.6 Å². The highest BCUT2D eigenvalue weighted by atomic mass is 32.2. The lowest BCUT2D eigenvalue weighted by Crippen LogP contribution is -2.58. The third-order valence-electron chi connectivity index (χ3n) is 7.88. The number of nitrogens with zero attached hydrogens (tertiary/aromatic N) is 1. The monoisotopic (exact) mass is 717 g/mol. The number of carboxylic acid groups (broad SMARTS) is 2. The first-order valence-electron chi connectivity index (χ1n) is 16.2. The lowest BCUT2D eigenvalue weighted by atomic mass is 9.97. The summed E-state index contributed by atoms with van der Waals surface area (Å²) in [5.74, 6) is -6.47. The molecule has 0 bridgehead atoms. The van der Waals surface area contributed by atoms with Gasteiger partial charge in [-0.3, -0.25) is 33.8 Å². The molecule has 7 unspecified atom stereocenters. The molecular weight excluding hydrogens is 662 g/mol. The van der Waals surface area contributed by atoms with Crippen LogP contribution in [0.25, 0.3) is 0 Å². The molecule has 0 aliphatic heterocycles. The number of hydrogen-bond donors (Lipinski definition) is 10. The number of carbonyl (C=O) groups excluding carboxylic acids is 5. The molecule has 0 radical (unpaired) electrons. The molecule has 13 N–H and O–H groups in total. The Balaban J connectivity index is 5.85. The zero-order valence-corrected chi connectivity index (χ0v) is 29.8. The van der Waals surface area contributed by atoms with E-state index in [-0.39, 0.29) is 44.1 Å². The summed E-state index contributed by atoms with van der Waals surface area (Å²) in [4.78, 5) is 91.9. The van der Waals surface area contributed by atoms with Gasteiger partial charge in [0.25, 0.3) is 0 Å². The van der Waals surface area contributed by atoms with Gasteiger partial charge in [0.1, 0.15) is 24.2 Å². The Bertz CT molecular complexity index is 1150. The third-order valence-corrected chi connectivity index (χ3v) is 8.52. The van der Waals surface area contributed by atoms with Crippen molar-refractivity contribution in [3.8, 4) is 0 Å². The summed E-state index contributed by atoms with van der Waals surface area (Å²) in [6.45, 7) is 6.56. The number of aliphatic carboxylic acids is 2. The lowest BCUT2D eigenvalue weighted by molar-refractivity contribution is -0.142. The van der Waals surface area contributed by atoms with Gasteiger partial charge < -0.3 is 54.0 Å². The number of hydrogen-bond acceptors (Lipinski definition) is 10. The van der Waals surface area contributed by atoms with E-state index < -0.39 is 90.6 Å². The van der Waals surface area contributed by atoms with Crippen molar-refractivity contribution in [2.75, 3.05) is 25.1 Å². The Morgan fingerprint density at radius 3 is 1.88 bits per heavy atom. The standard InChI is InChI=1S/C30H55N9O9S/c1-6-16(3)23(31)27(45)37-19(10-11-22(41)42)25(43)35-15-21(40)36-18(9-8-13-34-30(32)33)26(44)39-24(17(4)7-2)28(46)38-20(29(47)48)12-14-49-5/h16-20,23-24H,6-15,31H2,1-5H3,(H,35,43)(H,36,40)(H,37,45)(H,38,46)(H,39,44)(H,41,42)(H,47,48)(H4,32,33,34). The van der Waals surface area contributed by atoms with Crippen molar-refractivity contribution in [1.29, 1.82) is 0 Å². The smallest absolute Gasteiger partial charge is 0.326 e. The van der Waals surface area contributed by atoms with E-state index >= 15 is 0 Å². The lowest BCUT2D eigenvalue weighted by Gasteiger charge is -2.28. The largest absolute Gasteiger partial charge is 0.481 e. The number of rotatable bonds is 25. The van der Waals surface area contributed by atoms with Crippen molar-refractivity contribution in [3.05, 3.63) is 0 Å². The molecule has 0 heterocycles. The van der Waals surface area contributed by atoms with Crippen LogP contribution in [0, 0.1) is 11.8 Å². The summed E-state index contributed by atoms with van der Waals surface area (Å²) in [5.41, 5.74) is 16.7. The predicted octanol–water partition coefficient (Wildman–Crippen LogP) is -1.78. The summed E-state index contributed by atoms with van der Waals surface area (Å²) in [6.07, 6.45) is 2.56. The zero-order chi connectivity index (χ0) is 37.7. The van der Waals surface area contributed by atoms with Gasteiger partial charge in [-0.2, -0.15) is 11.8 Å². The first kappa shape index (κ1) is 44.9. The summed E-state index contributed by atoms with van der Waals surface area (Å²) in [6, 6.07) is -5.77. The highest BCUT2D eigenvalue weighted by Gasteiger charge is 2.32. The number of aliphatic imine (C=N–C) groups is 1. The first-order valence-corrected chi connectivity index (χ1v) is 17.6. The first-order chi connectivity index (χ1) is 23.0. The van der Waals surface area contributed by atoms with Crippen molar-refractivity contribution in [2.24, 2.45) is 34.0 Å². The van der Waals surface area contributed by atoms with Crippen LogP contribution in [0.5, 0.6) is 0 Å². The second kappa shape index (κ2) is 24.1. The van der Waals surface area contributed by atoms with Crippen LogP contribution in [0.2, 0.25) is 0 Å². The van der Waals surface area contributed by atoms with E-state index in [9.17, 15) is 38.7 Å². The third kappa shape index (κ3) is 18.3. The minimum atomic E-state index is -1.30. The van der Waals surface area contributed by atoms with Crippen LogP contribution < -0.4 is 43.8 Å². The van der Waals surface area contributed by atoms with E-state index in [1.807, 2.05) is 6.92 Å². The van der Waals surface area contributed by atoms with Crippen LogP contribution in [-0.2, 0) is 33.6 Å². The number of thioether (sulfide) groups is 1. The van der Waals surface area contributed by atoms with Gasteiger partial charge in [-0.15, -0.1) is 0 Å². The van der Waals surface area contributed by atoms with E-state index in [4.69, 9.17) is 22.3 Å². The molecule has 49 heavy (non-hydrogen) atoms. The molecule has 0 rings (SSSR count). The summed E-state index contributed by atoms with van der Waals surface area (Å²) in [7, 11) is 0. The summed E-state index contributed by atoms with van der Waals surface area (Å²) in [5, 5.41) is 31.1. The zero-order valence-electron chi connectivity index (χ0n) is 29.0. The summed E-state index contributed by atoms with van der Waals surface area (Å²) >= 11 is 1.42. The fraction of sp³-hybridized carbons (Fsp3) is 0.733. The molecule has 19 heteroatoms. The molecule has 0 aromatic carbocycles. The molecular formula is C30H55N9O9S. The Kier molecular flexibility index (Phi) is 22.0. The van der Waals surface area contributed by atoms with Gasteiger partial charge in [0.2, 0.25) is 29.5 Å². The number of nitrogens with two attached hydrogens (primary N) is 3. The molecule has 0 aliphatic carbocycles. The van der Waals surface area contributed by atoms with Gasteiger partial charge in [0.15, 0.2) is 5.96 Å². The molecule has 0 spiro atoms. The van der Waals surface area contributed by atoms with E-state index in [2.05, 4.69) is 31.6 Å². The molecule has 0 saturated carbocycles. The molecule has 0 aromatic heterocycles. The molecule has 280 valence electrons. The molecule has 5 amide bonds. The van der Waals surface area contributed by atoms with Gasteiger partial charge in [-0.05, 0) is 49.5 Å². The molecule has 18 nitrogen and oxygen atoms in total. The van der Waals surface area contributed by atoms with Crippen molar-refractivity contribution in [2.45, 2.75) is 103 Å². The molecule has 0 fully saturated rings. The van der Waals surface area contributed by atoms with E-state index in [0.29, 0.717) is 18.6 Å². The maximum Gasteiger partial charge on any atom is 0.326 e. The number of nitrogens with one attached hydrogen (secondary N) is 5. The van der Waals surface area contributed by atoms with Crippen LogP contribution in [0.1, 0.15) is 72.6 Å². The highest BCUT2D eigenvalue weighted by molar-refractivity contribution is 7.98. The number of carboxylic acids is 2. The van der Waals surface area contributed by atoms with Crippen molar-refractivity contribution in [3.63, 3.8) is 0 Å². The predicted molar refractivity (Wildman–Crippen MR) is 185 cm³/mol. The van der Waals surface area contributed by atoms with Crippen molar-refractivity contribution in [1.82, 2.24) is 26.6 Å². The fourth-order valence-electron chi connectivity index (χ4n) is 4.34. The Labute approximate surface area is 291 Å². The SMILES string of the molecule is CCC(C)C(N)C(=O)NC(CCC(=O)O)C(=O)NCC(=O)NC(CCCN=C(N)N)C(=O)NC(C(=O)NC(CCSC)C(=O)O)C(C)CC. The Morgan fingerprint density at radius 1 is 0.755 bits per heavy atom. The van der Waals surface area contributed by atoms with Crippen LogP contribution in [-0.4, -0.2) is 113 Å². The van der Waals surface area contributed by atoms with Gasteiger partial charge in [-0.1, -0.05) is 40.5 Å². The maximum absolute atomic E-state index is 13.5. The number of amides is 5. The summed E-state index contributed by atoms with van der Waals surface area (Å²) < 4.78 is 0. The van der Waals surface area contributed by atoms with Crippen LogP contribution in [0.4, 0.5) is 0 Å². The van der Waals surface area contributed by atoms with Gasteiger partial charge >= 0.3 is 11.9 Å². The Morgan fingerprint density at radius 2 is 1.35 bits per heavy atom. The fourth-order valence-corrected chi connectivity index (χ4v) is 4.81. The quantitative estimate of drug-likeness (QED) is 0.0284. The van der Waals surface area contributed by atoms with E-state index in [1.165, 1.54) is 11.8 Å². The normalized spacial score (nSPS) is 15.1. The van der Waals surface area contributed by atoms with Crippen LogP contribution in [0.3, 0.4) is 0 Å². The number of guanidine groups is 1. The minimum absolute atomic E-state index is 0.0212. The molecule has 7 atom stereocenters. The van der Waals surface area contributed by atoms with Crippen LogP contribution in [0.15, 0.2) is 4.99 Å². The second-order valence-electron chi connectivity index (χ2n) is 11.7. The van der Waals surface area contributed by atoms with Crippen LogP contribution >= 0.6 is 11.8 Å². The molecule has 0 aromatic rings.